The van der Waals surface area contributed by atoms with Crippen LogP contribution in [0.15, 0.2) is 52.9 Å². The first kappa shape index (κ1) is 16.3. The zero-order chi connectivity index (χ0) is 17.8. The Morgan fingerprint density at radius 2 is 1.60 bits per heavy atom. The molecule has 2 aromatic carbocycles. The maximum absolute atomic E-state index is 13.7. The van der Waals surface area contributed by atoms with Gasteiger partial charge in [0.1, 0.15) is 5.82 Å². The molecule has 0 unspecified atom stereocenters. The molecule has 0 bridgehead atoms. The van der Waals surface area contributed by atoms with Crippen molar-refractivity contribution in [1.29, 1.82) is 0 Å². The number of carbonyl (C=O) groups excluding carboxylic acids is 2. The molecule has 0 saturated heterocycles. The molecule has 2 N–H and O–H groups in total. The van der Waals surface area contributed by atoms with E-state index in [1.807, 2.05) is 0 Å². The summed E-state index contributed by atoms with van der Waals surface area (Å²) in [5.41, 5.74) is 1.20. The second-order valence-electron chi connectivity index (χ2n) is 5.10. The summed E-state index contributed by atoms with van der Waals surface area (Å²) in [5, 5.41) is 12.5. The number of carbonyl (C=O) groups is 2. The van der Waals surface area contributed by atoms with Gasteiger partial charge in [-0.05, 0) is 36.4 Å². The lowest BCUT2D eigenvalue weighted by Crippen LogP contribution is -2.12. The Balaban J connectivity index is 1.72. The lowest BCUT2D eigenvalue weighted by atomic mass is 10.2. The summed E-state index contributed by atoms with van der Waals surface area (Å²) in [6, 6.07) is 12.4. The van der Waals surface area contributed by atoms with E-state index in [1.165, 1.54) is 25.1 Å². The number of benzene rings is 2. The van der Waals surface area contributed by atoms with Gasteiger partial charge in [0.25, 0.3) is 5.89 Å². The predicted octanol–water partition coefficient (Wildman–Crippen LogP) is 3.09. The van der Waals surface area contributed by atoms with Crippen molar-refractivity contribution >= 4 is 23.2 Å². The molecule has 0 saturated carbocycles. The molecular formula is C17H13FN4O3. The second-order valence-corrected chi connectivity index (χ2v) is 5.10. The third-order valence-electron chi connectivity index (χ3n) is 3.19. The zero-order valence-electron chi connectivity index (χ0n) is 13.1. The Morgan fingerprint density at radius 1 is 0.960 bits per heavy atom. The molecule has 0 aliphatic rings. The highest BCUT2D eigenvalue weighted by molar-refractivity contribution is 6.01. The summed E-state index contributed by atoms with van der Waals surface area (Å²) in [5.74, 6) is -1.70. The van der Waals surface area contributed by atoms with Gasteiger partial charge in [0, 0.05) is 18.3 Å². The third-order valence-corrected chi connectivity index (χ3v) is 3.19. The molecule has 0 fully saturated rings. The molecule has 25 heavy (non-hydrogen) atoms. The first-order valence-electron chi connectivity index (χ1n) is 7.30. The van der Waals surface area contributed by atoms with Crippen LogP contribution in [-0.4, -0.2) is 22.0 Å². The van der Waals surface area contributed by atoms with Crippen LogP contribution in [0.2, 0.25) is 0 Å². The van der Waals surface area contributed by atoms with Gasteiger partial charge in [-0.25, -0.2) is 4.39 Å². The van der Waals surface area contributed by atoms with Gasteiger partial charge >= 0.3 is 11.8 Å². The summed E-state index contributed by atoms with van der Waals surface area (Å²) in [6.45, 7) is 1.40. The number of nitrogens with zero attached hydrogens (tertiary/aromatic N) is 2. The van der Waals surface area contributed by atoms with Crippen molar-refractivity contribution in [2.75, 3.05) is 10.6 Å². The topological polar surface area (TPSA) is 97.1 Å². The van der Waals surface area contributed by atoms with E-state index in [-0.39, 0.29) is 23.3 Å². The maximum Gasteiger partial charge on any atom is 0.313 e. The van der Waals surface area contributed by atoms with E-state index in [0.717, 1.165) is 0 Å². The van der Waals surface area contributed by atoms with E-state index in [1.54, 1.807) is 30.3 Å². The van der Waals surface area contributed by atoms with Crippen molar-refractivity contribution in [2.24, 2.45) is 0 Å². The molecule has 3 aromatic rings. The van der Waals surface area contributed by atoms with E-state index in [0.29, 0.717) is 11.4 Å². The fraction of sp³-hybridized carbons (Fsp3) is 0.0588. The minimum absolute atomic E-state index is 0.0794. The number of hydrogen-bond donors (Lipinski definition) is 2. The zero-order valence-corrected chi connectivity index (χ0v) is 13.1. The number of rotatable bonds is 4. The molecule has 0 spiro atoms. The fourth-order valence-corrected chi connectivity index (χ4v) is 2.08. The first-order valence-corrected chi connectivity index (χ1v) is 7.30. The van der Waals surface area contributed by atoms with Gasteiger partial charge in [-0.2, -0.15) is 0 Å². The van der Waals surface area contributed by atoms with Crippen molar-refractivity contribution in [3.63, 3.8) is 0 Å². The molecule has 0 aliphatic heterocycles. The van der Waals surface area contributed by atoms with Crippen LogP contribution >= 0.6 is 0 Å². The van der Waals surface area contributed by atoms with Gasteiger partial charge < -0.3 is 15.1 Å². The smallest absolute Gasteiger partial charge is 0.313 e. The Morgan fingerprint density at radius 3 is 2.24 bits per heavy atom. The van der Waals surface area contributed by atoms with Gasteiger partial charge in [0.15, 0.2) is 0 Å². The van der Waals surface area contributed by atoms with E-state index in [4.69, 9.17) is 4.42 Å². The molecule has 0 radical (unpaired) electrons. The van der Waals surface area contributed by atoms with Gasteiger partial charge in [-0.1, -0.05) is 12.1 Å². The van der Waals surface area contributed by atoms with Crippen LogP contribution in [0.25, 0.3) is 11.5 Å². The molecule has 126 valence electrons. The van der Waals surface area contributed by atoms with Crippen LogP contribution < -0.4 is 10.6 Å². The summed E-state index contributed by atoms with van der Waals surface area (Å²) in [6.07, 6.45) is 0. The summed E-state index contributed by atoms with van der Waals surface area (Å²) < 4.78 is 18.9. The average molecular weight is 340 g/mol. The number of amides is 2. The first-order chi connectivity index (χ1) is 12.0. The second kappa shape index (κ2) is 6.91. The quantitative estimate of drug-likeness (QED) is 0.761. The molecule has 7 nitrogen and oxygen atoms in total. The molecule has 0 aliphatic carbocycles. The van der Waals surface area contributed by atoms with Gasteiger partial charge in [0.05, 0.1) is 5.56 Å². The Bertz CT molecular complexity index is 922. The molecule has 1 aromatic heterocycles. The Labute approximate surface area is 141 Å². The minimum Gasteiger partial charge on any atom is -0.412 e. The van der Waals surface area contributed by atoms with Gasteiger partial charge in [-0.15, -0.1) is 10.2 Å². The number of aromatic nitrogens is 2. The normalized spacial score (nSPS) is 10.3. The highest BCUT2D eigenvalue weighted by atomic mass is 19.1. The van der Waals surface area contributed by atoms with Crippen molar-refractivity contribution in [3.05, 3.63) is 60.2 Å². The fourth-order valence-electron chi connectivity index (χ4n) is 2.08. The highest BCUT2D eigenvalue weighted by Gasteiger charge is 2.17. The number of hydrogen-bond acceptors (Lipinski definition) is 5. The van der Waals surface area contributed by atoms with Crippen molar-refractivity contribution < 1.29 is 18.4 Å². The number of anilines is 2. The van der Waals surface area contributed by atoms with Gasteiger partial charge in [0.2, 0.25) is 5.91 Å². The Hall–Kier alpha value is -3.55. The van der Waals surface area contributed by atoms with Crippen LogP contribution in [0.4, 0.5) is 15.8 Å². The average Bonchev–Trinajstić information content (AvgIpc) is 3.06. The molecule has 3 rings (SSSR count). The van der Waals surface area contributed by atoms with E-state index in [2.05, 4.69) is 20.8 Å². The van der Waals surface area contributed by atoms with E-state index < -0.39 is 11.7 Å². The van der Waals surface area contributed by atoms with Crippen LogP contribution in [-0.2, 0) is 4.79 Å². The lowest BCUT2D eigenvalue weighted by molar-refractivity contribution is -0.114. The van der Waals surface area contributed by atoms with Crippen molar-refractivity contribution in [2.45, 2.75) is 6.92 Å². The molecule has 2 amide bonds. The molecule has 0 atom stereocenters. The maximum atomic E-state index is 13.7. The predicted molar refractivity (Wildman–Crippen MR) is 88.4 cm³/mol. The standard InChI is InChI=1S/C17H13FN4O3/c1-10(23)19-11-6-8-12(9-7-11)20-15(24)17-22-21-16(25-17)13-4-2-3-5-14(13)18/h2-9H,1H3,(H,19,23)(H,20,24). The van der Waals surface area contributed by atoms with Gasteiger partial charge in [-0.3, -0.25) is 9.59 Å². The SMILES string of the molecule is CC(=O)Nc1ccc(NC(=O)c2nnc(-c3ccccc3F)o2)cc1. The molecule has 8 heteroatoms. The van der Waals surface area contributed by atoms with Crippen LogP contribution in [0.1, 0.15) is 17.6 Å². The van der Waals surface area contributed by atoms with Crippen molar-refractivity contribution in [1.82, 2.24) is 10.2 Å². The number of nitrogens with one attached hydrogen (secondary N) is 2. The lowest BCUT2D eigenvalue weighted by Gasteiger charge is -2.05. The monoisotopic (exact) mass is 340 g/mol. The van der Waals surface area contributed by atoms with E-state index in [9.17, 15) is 14.0 Å². The van der Waals surface area contributed by atoms with Crippen LogP contribution in [0.3, 0.4) is 0 Å². The van der Waals surface area contributed by atoms with Crippen LogP contribution in [0, 0.1) is 5.82 Å². The minimum atomic E-state index is -0.623. The largest absolute Gasteiger partial charge is 0.412 e. The van der Waals surface area contributed by atoms with Crippen LogP contribution in [0.5, 0.6) is 0 Å². The van der Waals surface area contributed by atoms with E-state index >= 15 is 0 Å². The molecule has 1 heterocycles. The molecular weight excluding hydrogens is 327 g/mol. The summed E-state index contributed by atoms with van der Waals surface area (Å²) >= 11 is 0. The highest BCUT2D eigenvalue weighted by Crippen LogP contribution is 2.21. The van der Waals surface area contributed by atoms with Crippen molar-refractivity contribution in [3.8, 4) is 11.5 Å². The number of halogens is 1. The summed E-state index contributed by atoms with van der Waals surface area (Å²) in [7, 11) is 0. The summed E-state index contributed by atoms with van der Waals surface area (Å²) in [4.78, 5) is 23.1. The Kier molecular flexibility index (Phi) is 4.51. The third kappa shape index (κ3) is 3.86.